The van der Waals surface area contributed by atoms with Crippen LogP contribution >= 0.6 is 11.6 Å². The van der Waals surface area contributed by atoms with Gasteiger partial charge in [0.05, 0.1) is 17.8 Å². The van der Waals surface area contributed by atoms with Crippen molar-refractivity contribution in [1.82, 2.24) is 9.78 Å². The summed E-state index contributed by atoms with van der Waals surface area (Å²) < 4.78 is 1.86. The number of nitrogens with zero attached hydrogens (tertiary/aromatic N) is 2. The lowest BCUT2D eigenvalue weighted by Crippen LogP contribution is -2.06. The lowest BCUT2D eigenvalue weighted by Gasteiger charge is -2.08. The Morgan fingerprint density at radius 1 is 1.30 bits per heavy atom. The van der Waals surface area contributed by atoms with Crippen LogP contribution in [0, 0.1) is 20.8 Å². The zero-order valence-electron chi connectivity index (χ0n) is 12.3. The summed E-state index contributed by atoms with van der Waals surface area (Å²) in [7, 11) is 0. The van der Waals surface area contributed by atoms with E-state index < -0.39 is 0 Å². The number of hydrogen-bond acceptors (Lipinski definition) is 2. The van der Waals surface area contributed by atoms with Crippen LogP contribution in [0.5, 0.6) is 0 Å². The topological polar surface area (TPSA) is 34.9 Å². The fourth-order valence-corrected chi connectivity index (χ4v) is 2.67. The minimum Gasteiger partial charge on any atom is -0.294 e. The van der Waals surface area contributed by atoms with Gasteiger partial charge in [-0.3, -0.25) is 9.48 Å². The van der Waals surface area contributed by atoms with Gasteiger partial charge in [-0.05, 0) is 38.0 Å². The summed E-state index contributed by atoms with van der Waals surface area (Å²) in [4.78, 5) is 12.0. The first-order valence-electron chi connectivity index (χ1n) is 6.76. The number of hydrogen-bond donors (Lipinski definition) is 0. The van der Waals surface area contributed by atoms with E-state index in [2.05, 4.69) is 5.10 Å². The van der Waals surface area contributed by atoms with Crippen molar-refractivity contribution in [2.75, 3.05) is 0 Å². The Balaban J connectivity index is 2.37. The van der Waals surface area contributed by atoms with Gasteiger partial charge in [0, 0.05) is 17.1 Å². The molecule has 0 bridgehead atoms. The summed E-state index contributed by atoms with van der Waals surface area (Å²) >= 11 is 6.26. The van der Waals surface area contributed by atoms with Gasteiger partial charge < -0.3 is 0 Å². The monoisotopic (exact) mass is 290 g/mol. The van der Waals surface area contributed by atoms with Crippen LogP contribution in [0.3, 0.4) is 0 Å². The van der Waals surface area contributed by atoms with Gasteiger partial charge in [0.2, 0.25) is 0 Å². The second-order valence-electron chi connectivity index (χ2n) is 5.08. The zero-order valence-corrected chi connectivity index (χ0v) is 13.1. The molecule has 0 saturated heterocycles. The maximum atomic E-state index is 12.0. The average molecular weight is 291 g/mol. The molecule has 106 valence electrons. The Kier molecular flexibility index (Phi) is 4.29. The van der Waals surface area contributed by atoms with Gasteiger partial charge in [0.1, 0.15) is 0 Å². The minimum absolute atomic E-state index is 0.140. The normalized spacial score (nSPS) is 10.8. The van der Waals surface area contributed by atoms with Gasteiger partial charge in [-0.25, -0.2) is 0 Å². The minimum atomic E-state index is 0.140. The molecule has 0 radical (unpaired) electrons. The number of ketones is 1. The van der Waals surface area contributed by atoms with E-state index in [0.29, 0.717) is 13.0 Å². The Morgan fingerprint density at radius 3 is 2.60 bits per heavy atom. The van der Waals surface area contributed by atoms with E-state index in [1.807, 2.05) is 50.6 Å². The first-order chi connectivity index (χ1) is 9.43. The molecule has 3 nitrogen and oxygen atoms in total. The number of carbonyl (C=O) groups excluding carboxylic acids is 1. The van der Waals surface area contributed by atoms with E-state index in [1.54, 1.807) is 0 Å². The van der Waals surface area contributed by atoms with Gasteiger partial charge >= 0.3 is 0 Å². The number of aryl methyl sites for hydroxylation is 2. The molecule has 20 heavy (non-hydrogen) atoms. The average Bonchev–Trinajstić information content (AvgIpc) is 2.67. The van der Waals surface area contributed by atoms with Crippen LogP contribution < -0.4 is 0 Å². The molecular weight excluding hydrogens is 272 g/mol. The molecule has 0 fully saturated rings. The smallest absolute Gasteiger partial charge is 0.166 e. The number of aromatic nitrogens is 2. The third-order valence-corrected chi connectivity index (χ3v) is 3.86. The number of halogens is 1. The van der Waals surface area contributed by atoms with Crippen molar-refractivity contribution in [2.24, 2.45) is 0 Å². The molecule has 0 aliphatic rings. The van der Waals surface area contributed by atoms with Crippen LogP contribution in [0.25, 0.3) is 0 Å². The molecule has 0 unspecified atom stereocenters. The van der Waals surface area contributed by atoms with Gasteiger partial charge in [0.25, 0.3) is 0 Å². The molecule has 0 N–H and O–H groups in total. The van der Waals surface area contributed by atoms with Crippen LogP contribution in [0.2, 0.25) is 5.02 Å². The predicted octanol–water partition coefficient (Wildman–Crippen LogP) is 4.10. The maximum Gasteiger partial charge on any atom is 0.166 e. The van der Waals surface area contributed by atoms with Gasteiger partial charge in [0.15, 0.2) is 5.78 Å². The Hall–Kier alpha value is -1.61. The molecule has 4 heteroatoms. The third-order valence-electron chi connectivity index (χ3n) is 3.51. The first-order valence-corrected chi connectivity index (χ1v) is 7.14. The van der Waals surface area contributed by atoms with E-state index in [0.717, 1.165) is 33.1 Å². The summed E-state index contributed by atoms with van der Waals surface area (Å²) in [5.74, 6) is 0.140. The van der Waals surface area contributed by atoms with Crippen LogP contribution in [0.1, 0.15) is 46.2 Å². The van der Waals surface area contributed by atoms with Crippen molar-refractivity contribution in [3.63, 3.8) is 0 Å². The molecule has 0 saturated carbocycles. The molecule has 0 aliphatic carbocycles. The van der Waals surface area contributed by atoms with Crippen LogP contribution in [0.4, 0.5) is 0 Å². The molecule has 1 aromatic heterocycles. The summed E-state index contributed by atoms with van der Waals surface area (Å²) in [5, 5.41) is 5.21. The van der Waals surface area contributed by atoms with E-state index in [-0.39, 0.29) is 5.78 Å². The zero-order chi connectivity index (χ0) is 14.9. The van der Waals surface area contributed by atoms with E-state index in [9.17, 15) is 4.79 Å². The summed E-state index contributed by atoms with van der Waals surface area (Å²) in [5.41, 5.74) is 4.59. The number of carbonyl (C=O) groups is 1. The molecule has 0 spiro atoms. The van der Waals surface area contributed by atoms with Gasteiger partial charge in [-0.15, -0.1) is 0 Å². The molecular formula is C16H19ClN2O. The highest BCUT2D eigenvalue weighted by atomic mass is 35.5. The van der Waals surface area contributed by atoms with E-state index >= 15 is 0 Å². The number of Topliss-reactive ketones (excluding diaryl/α,β-unsaturated/α-hetero) is 1. The summed E-state index contributed by atoms with van der Waals surface area (Å²) in [6.45, 7) is 8.28. The summed E-state index contributed by atoms with van der Waals surface area (Å²) in [6.07, 6.45) is 0.499. The highest BCUT2D eigenvalue weighted by molar-refractivity contribution is 6.31. The second-order valence-corrected chi connectivity index (χ2v) is 5.48. The fraction of sp³-hybridized carbons (Fsp3) is 0.375. The highest BCUT2D eigenvalue weighted by Gasteiger charge is 2.17. The molecule has 2 rings (SSSR count). The predicted molar refractivity (Wildman–Crippen MR) is 81.6 cm³/mol. The lowest BCUT2D eigenvalue weighted by molar-refractivity contribution is 0.0987. The van der Waals surface area contributed by atoms with Crippen LogP contribution in [-0.2, 0) is 6.54 Å². The first kappa shape index (κ1) is 14.8. The van der Waals surface area contributed by atoms with Crippen molar-refractivity contribution in [3.05, 3.63) is 51.3 Å². The van der Waals surface area contributed by atoms with Crippen molar-refractivity contribution in [3.8, 4) is 0 Å². The fourth-order valence-electron chi connectivity index (χ4n) is 2.37. The molecule has 1 aromatic carbocycles. The Bertz CT molecular complexity index is 659. The quantitative estimate of drug-likeness (QED) is 0.795. The molecule has 2 aromatic rings. The van der Waals surface area contributed by atoms with Gasteiger partial charge in [-0.2, -0.15) is 5.10 Å². The molecule has 0 atom stereocenters. The van der Waals surface area contributed by atoms with Gasteiger partial charge in [-0.1, -0.05) is 30.7 Å². The SMILES string of the molecule is CCC(=O)c1c(C)nn(Cc2ccc(C)cc2Cl)c1C. The van der Waals surface area contributed by atoms with Crippen molar-refractivity contribution < 1.29 is 4.79 Å². The molecule has 0 aliphatic heterocycles. The number of benzene rings is 1. The van der Waals surface area contributed by atoms with Crippen molar-refractivity contribution in [1.29, 1.82) is 0 Å². The van der Waals surface area contributed by atoms with E-state index in [1.165, 1.54) is 0 Å². The largest absolute Gasteiger partial charge is 0.294 e. The Labute approximate surface area is 124 Å². The third kappa shape index (κ3) is 2.78. The Morgan fingerprint density at radius 2 is 2.00 bits per heavy atom. The standard InChI is InChI=1S/C16H19ClN2O/c1-5-15(20)16-11(3)18-19(12(16)4)9-13-7-6-10(2)8-14(13)17/h6-8H,5,9H2,1-4H3. The van der Waals surface area contributed by atoms with Crippen molar-refractivity contribution >= 4 is 17.4 Å². The molecule has 0 amide bonds. The van der Waals surface area contributed by atoms with Crippen LogP contribution in [-0.4, -0.2) is 15.6 Å². The molecule has 1 heterocycles. The van der Waals surface area contributed by atoms with Crippen LogP contribution in [0.15, 0.2) is 18.2 Å². The van der Waals surface area contributed by atoms with E-state index in [4.69, 9.17) is 11.6 Å². The highest BCUT2D eigenvalue weighted by Crippen LogP contribution is 2.21. The number of rotatable bonds is 4. The summed E-state index contributed by atoms with van der Waals surface area (Å²) in [6, 6.07) is 5.99. The van der Waals surface area contributed by atoms with Crippen molar-refractivity contribution in [2.45, 2.75) is 40.7 Å². The lowest BCUT2D eigenvalue weighted by atomic mass is 10.1. The second kappa shape index (κ2) is 5.80. The maximum absolute atomic E-state index is 12.0.